The first kappa shape index (κ1) is 20.9. The van der Waals surface area contributed by atoms with Crippen LogP contribution < -0.4 is 5.32 Å². The molecule has 2 amide bonds. The Morgan fingerprint density at radius 3 is 2.71 bits per heavy atom. The number of pyridine rings is 1. The number of hydrogen-bond donors (Lipinski definition) is 1. The Hall–Kier alpha value is -1.83. The molecule has 2 heterocycles. The van der Waals surface area contributed by atoms with Gasteiger partial charge in [-0.3, -0.25) is 4.98 Å². The molecule has 0 bridgehead atoms. The van der Waals surface area contributed by atoms with Crippen molar-refractivity contribution in [2.24, 2.45) is 5.92 Å². The lowest BCUT2D eigenvalue weighted by atomic mass is 9.86. The molecule has 0 aliphatic carbocycles. The molecule has 0 saturated carbocycles. The van der Waals surface area contributed by atoms with Crippen molar-refractivity contribution in [1.29, 1.82) is 0 Å². The number of piperidine rings is 1. The SMILES string of the molecule is CC(C)(C1CCN(C(=O)Nc2ccncc2Cl)CC1)[S+]([O-])c1cccc(F)c1. The number of amides is 2. The number of nitrogens with one attached hydrogen (secondary N) is 1. The van der Waals surface area contributed by atoms with Crippen LogP contribution in [0.1, 0.15) is 26.7 Å². The average molecular weight is 424 g/mol. The van der Waals surface area contributed by atoms with Crippen LogP contribution in [0.3, 0.4) is 0 Å². The number of aromatic nitrogens is 1. The van der Waals surface area contributed by atoms with Crippen molar-refractivity contribution in [1.82, 2.24) is 9.88 Å². The number of carbonyl (C=O) groups is 1. The van der Waals surface area contributed by atoms with Crippen LogP contribution in [0.2, 0.25) is 5.02 Å². The molecule has 1 saturated heterocycles. The van der Waals surface area contributed by atoms with Crippen LogP contribution in [0.4, 0.5) is 14.9 Å². The molecule has 1 unspecified atom stereocenters. The summed E-state index contributed by atoms with van der Waals surface area (Å²) in [5.41, 5.74) is 0.524. The van der Waals surface area contributed by atoms with E-state index in [-0.39, 0.29) is 17.8 Å². The molecule has 8 heteroatoms. The maximum atomic E-state index is 13.5. The lowest BCUT2D eigenvalue weighted by molar-refractivity contribution is 0.171. The number of anilines is 1. The second-order valence-electron chi connectivity index (χ2n) is 7.38. The third-order valence-corrected chi connectivity index (χ3v) is 7.54. The summed E-state index contributed by atoms with van der Waals surface area (Å²) in [5, 5.41) is 3.19. The molecule has 5 nitrogen and oxygen atoms in total. The minimum absolute atomic E-state index is 0.158. The van der Waals surface area contributed by atoms with Crippen molar-refractivity contribution in [3.8, 4) is 0 Å². The largest absolute Gasteiger partial charge is 0.611 e. The first-order valence-electron chi connectivity index (χ1n) is 9.12. The highest BCUT2D eigenvalue weighted by molar-refractivity contribution is 7.92. The molecule has 3 rings (SSSR count). The van der Waals surface area contributed by atoms with E-state index in [9.17, 15) is 13.7 Å². The molecule has 1 aliphatic heterocycles. The van der Waals surface area contributed by atoms with Gasteiger partial charge in [-0.1, -0.05) is 17.7 Å². The third kappa shape index (κ3) is 4.59. The lowest BCUT2D eigenvalue weighted by Crippen LogP contribution is -2.48. The fourth-order valence-electron chi connectivity index (χ4n) is 3.49. The zero-order valence-corrected chi connectivity index (χ0v) is 17.4. The van der Waals surface area contributed by atoms with Gasteiger partial charge in [-0.05, 0) is 56.1 Å². The fraction of sp³-hybridized carbons (Fsp3) is 0.400. The smallest absolute Gasteiger partial charge is 0.321 e. The van der Waals surface area contributed by atoms with Crippen LogP contribution in [-0.4, -0.2) is 38.3 Å². The van der Waals surface area contributed by atoms with Crippen LogP contribution in [0.25, 0.3) is 0 Å². The van der Waals surface area contributed by atoms with Crippen LogP contribution in [0.5, 0.6) is 0 Å². The highest BCUT2D eigenvalue weighted by atomic mass is 35.5. The second kappa shape index (κ2) is 8.68. The summed E-state index contributed by atoms with van der Waals surface area (Å²) in [6.45, 7) is 5.02. The zero-order valence-electron chi connectivity index (χ0n) is 15.8. The maximum Gasteiger partial charge on any atom is 0.321 e. The molecule has 28 heavy (non-hydrogen) atoms. The van der Waals surface area contributed by atoms with Gasteiger partial charge in [0, 0.05) is 37.5 Å². The van der Waals surface area contributed by atoms with E-state index < -0.39 is 15.9 Å². The quantitative estimate of drug-likeness (QED) is 0.724. The van der Waals surface area contributed by atoms with Gasteiger partial charge in [0.2, 0.25) is 0 Å². The number of urea groups is 1. The van der Waals surface area contributed by atoms with Crippen molar-refractivity contribution in [3.05, 3.63) is 53.6 Å². The molecule has 2 aromatic rings. The zero-order chi connectivity index (χ0) is 20.3. The predicted octanol–water partition coefficient (Wildman–Crippen LogP) is 4.70. The summed E-state index contributed by atoms with van der Waals surface area (Å²) in [7, 11) is 0. The van der Waals surface area contributed by atoms with Crippen molar-refractivity contribution in [2.75, 3.05) is 18.4 Å². The molecule has 0 radical (unpaired) electrons. The summed E-state index contributed by atoms with van der Waals surface area (Å²) in [6, 6.07) is 7.39. The monoisotopic (exact) mass is 423 g/mol. The normalized spacial score (nSPS) is 16.7. The Morgan fingerprint density at radius 2 is 2.07 bits per heavy atom. The Kier molecular flexibility index (Phi) is 6.47. The fourth-order valence-corrected chi connectivity index (χ4v) is 5.22. The number of likely N-dealkylation sites (tertiary alicyclic amines) is 1. The van der Waals surface area contributed by atoms with Gasteiger partial charge in [0.25, 0.3) is 0 Å². The predicted molar refractivity (Wildman–Crippen MR) is 109 cm³/mol. The molecule has 1 aliphatic rings. The summed E-state index contributed by atoms with van der Waals surface area (Å²) < 4.78 is 26.0. The van der Waals surface area contributed by atoms with Gasteiger partial charge < -0.3 is 14.8 Å². The Balaban J connectivity index is 1.61. The molecule has 1 N–H and O–H groups in total. The van der Waals surface area contributed by atoms with E-state index in [0.29, 0.717) is 28.7 Å². The topological polar surface area (TPSA) is 68.3 Å². The standard InChI is InChI=1S/C20H23ClFN3O2S/c1-20(2,28(27)16-5-3-4-15(22)12-16)14-7-10-25(11-8-14)19(26)24-18-6-9-23-13-17(18)21/h3-6,9,12-14H,7-8,10-11H2,1-2H3,(H,23,24,26). The lowest BCUT2D eigenvalue weighted by Gasteiger charge is -2.40. The van der Waals surface area contributed by atoms with E-state index in [1.54, 1.807) is 29.3 Å². The summed E-state index contributed by atoms with van der Waals surface area (Å²) >= 11 is 4.70. The summed E-state index contributed by atoms with van der Waals surface area (Å²) in [5.74, 6) is -0.229. The highest BCUT2D eigenvalue weighted by Gasteiger charge is 2.43. The Bertz CT molecular complexity index is 844. The molecule has 1 fully saturated rings. The van der Waals surface area contributed by atoms with Gasteiger partial charge in [0.05, 0.1) is 10.7 Å². The van der Waals surface area contributed by atoms with E-state index >= 15 is 0 Å². The van der Waals surface area contributed by atoms with E-state index in [4.69, 9.17) is 11.6 Å². The molecule has 1 aromatic carbocycles. The van der Waals surface area contributed by atoms with Gasteiger partial charge >= 0.3 is 6.03 Å². The van der Waals surface area contributed by atoms with E-state index in [1.807, 2.05) is 13.8 Å². The number of benzene rings is 1. The number of hydrogen-bond acceptors (Lipinski definition) is 3. The van der Waals surface area contributed by atoms with Crippen molar-refractivity contribution >= 4 is 34.5 Å². The molecule has 1 atom stereocenters. The Labute approximate surface area is 172 Å². The number of carbonyl (C=O) groups excluding carboxylic acids is 1. The van der Waals surface area contributed by atoms with Crippen LogP contribution in [0.15, 0.2) is 47.6 Å². The molecular weight excluding hydrogens is 401 g/mol. The van der Waals surface area contributed by atoms with Crippen LogP contribution >= 0.6 is 11.6 Å². The summed E-state index contributed by atoms with van der Waals surface area (Å²) in [4.78, 5) is 18.6. The van der Waals surface area contributed by atoms with Gasteiger partial charge in [0.1, 0.15) is 10.6 Å². The highest BCUT2D eigenvalue weighted by Crippen LogP contribution is 2.38. The second-order valence-corrected chi connectivity index (χ2v) is 9.84. The van der Waals surface area contributed by atoms with Gasteiger partial charge in [-0.25, -0.2) is 9.18 Å². The Morgan fingerprint density at radius 1 is 1.36 bits per heavy atom. The minimum Gasteiger partial charge on any atom is -0.611 e. The van der Waals surface area contributed by atoms with Gasteiger partial charge in [0.15, 0.2) is 4.90 Å². The average Bonchev–Trinajstić information content (AvgIpc) is 2.69. The summed E-state index contributed by atoms with van der Waals surface area (Å²) in [6.07, 6.45) is 4.50. The minimum atomic E-state index is -1.34. The van der Waals surface area contributed by atoms with Crippen LogP contribution in [0, 0.1) is 11.7 Å². The molecule has 1 aromatic heterocycles. The van der Waals surface area contributed by atoms with Crippen molar-refractivity contribution < 1.29 is 13.7 Å². The van der Waals surface area contributed by atoms with Crippen molar-refractivity contribution in [3.63, 3.8) is 0 Å². The van der Waals surface area contributed by atoms with Crippen LogP contribution in [-0.2, 0) is 11.2 Å². The molecular formula is C20H23ClFN3O2S. The molecule has 150 valence electrons. The van der Waals surface area contributed by atoms with Crippen molar-refractivity contribution in [2.45, 2.75) is 36.3 Å². The number of halogens is 2. The first-order chi connectivity index (χ1) is 13.3. The first-order valence-corrected chi connectivity index (χ1v) is 10.6. The van der Waals surface area contributed by atoms with E-state index in [2.05, 4.69) is 10.3 Å². The number of rotatable bonds is 4. The maximum absolute atomic E-state index is 13.5. The molecule has 0 spiro atoms. The van der Waals surface area contributed by atoms with E-state index in [0.717, 1.165) is 12.8 Å². The van der Waals surface area contributed by atoms with E-state index in [1.165, 1.54) is 18.3 Å². The number of nitrogens with zero attached hydrogens (tertiary/aromatic N) is 2. The van der Waals surface area contributed by atoms with Gasteiger partial charge in [-0.2, -0.15) is 0 Å². The van der Waals surface area contributed by atoms with Gasteiger partial charge in [-0.15, -0.1) is 0 Å². The third-order valence-electron chi connectivity index (χ3n) is 5.27.